The van der Waals surface area contributed by atoms with Crippen LogP contribution in [-0.2, 0) is 0 Å². The number of allylic oxidation sites excluding steroid dienone is 8. The predicted octanol–water partition coefficient (Wildman–Crippen LogP) is 5.18. The molecule has 0 saturated heterocycles. The van der Waals surface area contributed by atoms with Gasteiger partial charge in [-0.25, -0.2) is 0 Å². The van der Waals surface area contributed by atoms with Crippen molar-refractivity contribution in [3.8, 4) is 0 Å². The third kappa shape index (κ3) is 2.78. The van der Waals surface area contributed by atoms with Gasteiger partial charge in [-0.1, -0.05) is 78.4 Å². The Morgan fingerprint density at radius 1 is 0.947 bits per heavy atom. The van der Waals surface area contributed by atoms with Gasteiger partial charge in [-0.2, -0.15) is 0 Å². The van der Waals surface area contributed by atoms with Gasteiger partial charge in [0.1, 0.15) is 0 Å². The van der Waals surface area contributed by atoms with Crippen LogP contribution < -0.4 is 0 Å². The van der Waals surface area contributed by atoms with Crippen LogP contribution >= 0.6 is 0 Å². The topological polar surface area (TPSA) is 0 Å². The summed E-state index contributed by atoms with van der Waals surface area (Å²) in [5, 5.41) is 0. The van der Waals surface area contributed by atoms with Gasteiger partial charge in [-0.05, 0) is 30.7 Å². The van der Waals surface area contributed by atoms with E-state index >= 15 is 0 Å². The maximum atomic E-state index is 2.37. The predicted molar refractivity (Wildman–Crippen MR) is 82.0 cm³/mol. The first kappa shape index (κ1) is 12.2. The molecule has 0 radical (unpaired) electrons. The lowest BCUT2D eigenvalue weighted by atomic mass is 9.75. The fourth-order valence-electron chi connectivity index (χ4n) is 3.12. The fourth-order valence-corrected chi connectivity index (χ4v) is 3.12. The molecule has 19 heavy (non-hydrogen) atoms. The third-order valence-electron chi connectivity index (χ3n) is 4.05. The molecule has 1 aromatic rings. The summed E-state index contributed by atoms with van der Waals surface area (Å²) >= 11 is 0. The van der Waals surface area contributed by atoms with Crippen LogP contribution in [0.1, 0.15) is 30.7 Å². The molecule has 0 bridgehead atoms. The molecule has 2 aliphatic rings. The molecule has 2 unspecified atom stereocenters. The highest BCUT2D eigenvalue weighted by Crippen LogP contribution is 2.39. The van der Waals surface area contributed by atoms with Crippen LogP contribution in [0.3, 0.4) is 0 Å². The van der Waals surface area contributed by atoms with Gasteiger partial charge in [0.05, 0.1) is 0 Å². The van der Waals surface area contributed by atoms with E-state index in [1.165, 1.54) is 18.4 Å². The van der Waals surface area contributed by atoms with Crippen LogP contribution in [0.15, 0.2) is 78.4 Å². The zero-order valence-electron chi connectivity index (χ0n) is 11.2. The number of hydrogen-bond acceptors (Lipinski definition) is 0. The summed E-state index contributed by atoms with van der Waals surface area (Å²) in [6.07, 6.45) is 19.4. The molecule has 0 aromatic heterocycles. The quantitative estimate of drug-likeness (QED) is 0.691. The molecule has 96 valence electrons. The molecular weight excluding hydrogens is 228 g/mol. The first-order valence-corrected chi connectivity index (χ1v) is 7.19. The summed E-state index contributed by atoms with van der Waals surface area (Å²) in [7, 11) is 0. The molecule has 0 saturated carbocycles. The van der Waals surface area contributed by atoms with Crippen LogP contribution in [0.25, 0.3) is 0 Å². The Hall–Kier alpha value is -1.82. The van der Waals surface area contributed by atoms with Gasteiger partial charge in [-0.15, -0.1) is 0 Å². The lowest BCUT2D eigenvalue weighted by Crippen LogP contribution is -2.15. The SMILES string of the molecule is C1=CCCC(C(c2ccccc2)C2C=CC=CC2)=C1. The lowest BCUT2D eigenvalue weighted by molar-refractivity contribution is 0.548. The molecule has 3 rings (SSSR count). The smallest absolute Gasteiger partial charge is 0.0117 e. The van der Waals surface area contributed by atoms with Crippen molar-refractivity contribution < 1.29 is 0 Å². The maximum Gasteiger partial charge on any atom is 0.0117 e. The summed E-state index contributed by atoms with van der Waals surface area (Å²) in [6, 6.07) is 11.0. The molecule has 2 atom stereocenters. The zero-order valence-corrected chi connectivity index (χ0v) is 11.2. The minimum absolute atomic E-state index is 0.535. The monoisotopic (exact) mass is 248 g/mol. The van der Waals surface area contributed by atoms with E-state index in [1.807, 2.05) is 0 Å². The number of benzene rings is 1. The average molecular weight is 248 g/mol. The minimum Gasteiger partial charge on any atom is -0.0842 e. The largest absolute Gasteiger partial charge is 0.0842 e. The first-order valence-electron chi connectivity index (χ1n) is 7.19. The summed E-state index contributed by atoms with van der Waals surface area (Å²) in [5.41, 5.74) is 3.03. The van der Waals surface area contributed by atoms with Gasteiger partial charge in [0.25, 0.3) is 0 Å². The van der Waals surface area contributed by atoms with Crippen molar-refractivity contribution >= 4 is 0 Å². The van der Waals surface area contributed by atoms with Gasteiger partial charge in [0.15, 0.2) is 0 Å². The molecule has 0 nitrogen and oxygen atoms in total. The molecule has 0 heterocycles. The first-order chi connectivity index (χ1) is 9.45. The van der Waals surface area contributed by atoms with Crippen molar-refractivity contribution in [3.05, 3.63) is 84.0 Å². The second-order valence-electron chi connectivity index (χ2n) is 5.31. The standard InChI is InChI=1S/C19H20/c1-4-10-16(11-5-1)19(17-12-6-2-7-13-17)18-14-8-3-9-15-18/h1-8,10-12,14,17,19H,9,13,15H2. The molecular formula is C19H20. The van der Waals surface area contributed by atoms with E-state index in [0.717, 1.165) is 6.42 Å². The van der Waals surface area contributed by atoms with Gasteiger partial charge in [0, 0.05) is 5.92 Å². The van der Waals surface area contributed by atoms with Crippen LogP contribution in [0.4, 0.5) is 0 Å². The van der Waals surface area contributed by atoms with E-state index in [1.54, 1.807) is 5.57 Å². The summed E-state index contributed by atoms with van der Waals surface area (Å²) in [4.78, 5) is 0. The number of hydrogen-bond donors (Lipinski definition) is 0. The maximum absolute atomic E-state index is 2.37. The Kier molecular flexibility index (Phi) is 3.78. The summed E-state index contributed by atoms with van der Waals surface area (Å²) in [6.45, 7) is 0. The molecule has 0 spiro atoms. The van der Waals surface area contributed by atoms with E-state index in [0.29, 0.717) is 11.8 Å². The number of rotatable bonds is 3. The van der Waals surface area contributed by atoms with Crippen LogP contribution in [0, 0.1) is 5.92 Å². The molecule has 0 heteroatoms. The molecule has 0 fully saturated rings. The van der Waals surface area contributed by atoms with E-state index in [2.05, 4.69) is 72.9 Å². The van der Waals surface area contributed by atoms with Crippen LogP contribution in [0.5, 0.6) is 0 Å². The van der Waals surface area contributed by atoms with Crippen molar-refractivity contribution in [2.45, 2.75) is 25.2 Å². The van der Waals surface area contributed by atoms with E-state index in [-0.39, 0.29) is 0 Å². The van der Waals surface area contributed by atoms with E-state index in [4.69, 9.17) is 0 Å². The van der Waals surface area contributed by atoms with Crippen molar-refractivity contribution in [1.29, 1.82) is 0 Å². The van der Waals surface area contributed by atoms with Gasteiger partial charge < -0.3 is 0 Å². The Morgan fingerprint density at radius 2 is 1.84 bits per heavy atom. The molecule has 2 aliphatic carbocycles. The Labute approximate surface area is 115 Å². The Balaban J connectivity index is 1.95. The molecule has 1 aromatic carbocycles. The third-order valence-corrected chi connectivity index (χ3v) is 4.05. The lowest BCUT2D eigenvalue weighted by Gasteiger charge is -2.29. The Morgan fingerprint density at radius 3 is 2.53 bits per heavy atom. The fraction of sp³-hybridized carbons (Fsp3) is 0.263. The van der Waals surface area contributed by atoms with Gasteiger partial charge in [-0.3, -0.25) is 0 Å². The highest BCUT2D eigenvalue weighted by molar-refractivity contribution is 5.36. The average Bonchev–Trinajstić information content (AvgIpc) is 2.51. The van der Waals surface area contributed by atoms with Crippen molar-refractivity contribution in [1.82, 2.24) is 0 Å². The van der Waals surface area contributed by atoms with Crippen molar-refractivity contribution in [2.24, 2.45) is 5.92 Å². The summed E-state index contributed by atoms with van der Waals surface area (Å²) < 4.78 is 0. The Bertz CT molecular complexity index is 528. The summed E-state index contributed by atoms with van der Waals surface area (Å²) in [5.74, 6) is 1.14. The second kappa shape index (κ2) is 5.88. The van der Waals surface area contributed by atoms with E-state index in [9.17, 15) is 0 Å². The minimum atomic E-state index is 0.535. The second-order valence-corrected chi connectivity index (χ2v) is 5.31. The van der Waals surface area contributed by atoms with Crippen molar-refractivity contribution in [2.75, 3.05) is 0 Å². The van der Waals surface area contributed by atoms with Crippen molar-refractivity contribution in [3.63, 3.8) is 0 Å². The highest BCUT2D eigenvalue weighted by Gasteiger charge is 2.24. The zero-order chi connectivity index (χ0) is 12.9. The van der Waals surface area contributed by atoms with Crippen LogP contribution in [0.2, 0.25) is 0 Å². The van der Waals surface area contributed by atoms with E-state index < -0.39 is 0 Å². The normalized spacial score (nSPS) is 23.2. The molecule has 0 N–H and O–H groups in total. The molecule has 0 aliphatic heterocycles. The van der Waals surface area contributed by atoms with Crippen LogP contribution in [-0.4, -0.2) is 0 Å². The molecule has 0 amide bonds. The highest BCUT2D eigenvalue weighted by atomic mass is 14.3. The van der Waals surface area contributed by atoms with Gasteiger partial charge >= 0.3 is 0 Å². The van der Waals surface area contributed by atoms with Gasteiger partial charge in [0.2, 0.25) is 0 Å².